The van der Waals surface area contributed by atoms with Crippen LogP contribution in [-0.4, -0.2) is 25.1 Å². The van der Waals surface area contributed by atoms with Gasteiger partial charge in [0.15, 0.2) is 0 Å². The molecule has 20 heavy (non-hydrogen) atoms. The van der Waals surface area contributed by atoms with E-state index in [1.165, 1.54) is 42.1 Å². The molecule has 0 spiro atoms. The van der Waals surface area contributed by atoms with E-state index in [0.717, 1.165) is 11.5 Å². The summed E-state index contributed by atoms with van der Waals surface area (Å²) in [6, 6.07) is 9.32. The van der Waals surface area contributed by atoms with Crippen molar-refractivity contribution in [3.8, 4) is 0 Å². The minimum absolute atomic E-state index is 0.636. The maximum absolute atomic E-state index is 4.67. The van der Waals surface area contributed by atoms with Gasteiger partial charge >= 0.3 is 0 Å². The third-order valence-corrected chi connectivity index (χ3v) is 4.12. The summed E-state index contributed by atoms with van der Waals surface area (Å²) in [6.45, 7) is 2.07. The van der Waals surface area contributed by atoms with Gasteiger partial charge in [-0.3, -0.25) is 0 Å². The van der Waals surface area contributed by atoms with Crippen molar-refractivity contribution >= 4 is 22.3 Å². The van der Waals surface area contributed by atoms with E-state index < -0.39 is 0 Å². The predicted octanol–water partition coefficient (Wildman–Crippen LogP) is 3.96. The quantitative estimate of drug-likeness (QED) is 0.914. The third kappa shape index (κ3) is 2.45. The third-order valence-electron chi connectivity index (χ3n) is 4.12. The van der Waals surface area contributed by atoms with Crippen LogP contribution in [0.2, 0.25) is 0 Å². The zero-order valence-corrected chi connectivity index (χ0v) is 12.6. The first-order valence-electron chi connectivity index (χ1n) is 7.49. The standard InChI is InChI=1S/C17H23N3/c1-12-11-15-14(17(18-12)20(2)3)9-6-10-16(15)19-13-7-4-5-8-13/h6,9-11,13,19H,4-5,7-8H2,1-3H3. The first kappa shape index (κ1) is 13.2. The second-order valence-electron chi connectivity index (χ2n) is 6.01. The largest absolute Gasteiger partial charge is 0.382 e. The van der Waals surface area contributed by atoms with Crippen molar-refractivity contribution < 1.29 is 0 Å². The fourth-order valence-electron chi connectivity index (χ4n) is 3.14. The van der Waals surface area contributed by atoms with Crippen molar-refractivity contribution in [1.29, 1.82) is 0 Å². The Balaban J connectivity index is 2.08. The molecule has 1 fully saturated rings. The molecule has 106 valence electrons. The number of hydrogen-bond donors (Lipinski definition) is 1. The lowest BCUT2D eigenvalue weighted by Gasteiger charge is -2.19. The van der Waals surface area contributed by atoms with Crippen LogP contribution in [0.5, 0.6) is 0 Å². The molecule has 1 heterocycles. The van der Waals surface area contributed by atoms with Crippen LogP contribution in [0.3, 0.4) is 0 Å². The van der Waals surface area contributed by atoms with Gasteiger partial charge in [-0.1, -0.05) is 25.0 Å². The molecule has 3 heteroatoms. The van der Waals surface area contributed by atoms with Crippen LogP contribution in [0.15, 0.2) is 24.3 Å². The Hall–Kier alpha value is -1.77. The predicted molar refractivity (Wildman–Crippen MR) is 86.7 cm³/mol. The highest BCUT2D eigenvalue weighted by Gasteiger charge is 2.16. The molecule has 1 aliphatic carbocycles. The van der Waals surface area contributed by atoms with Crippen molar-refractivity contribution in [2.24, 2.45) is 0 Å². The number of hydrogen-bond acceptors (Lipinski definition) is 3. The van der Waals surface area contributed by atoms with Gasteiger partial charge in [-0.15, -0.1) is 0 Å². The summed E-state index contributed by atoms with van der Waals surface area (Å²) in [4.78, 5) is 6.76. The topological polar surface area (TPSA) is 28.2 Å². The number of aromatic nitrogens is 1. The van der Waals surface area contributed by atoms with E-state index in [0.29, 0.717) is 6.04 Å². The number of benzene rings is 1. The number of nitrogens with one attached hydrogen (secondary N) is 1. The first-order chi connectivity index (χ1) is 9.65. The summed E-state index contributed by atoms with van der Waals surface area (Å²) in [5.41, 5.74) is 2.32. The average Bonchev–Trinajstić information content (AvgIpc) is 2.91. The van der Waals surface area contributed by atoms with Crippen molar-refractivity contribution in [2.45, 2.75) is 38.6 Å². The summed E-state index contributed by atoms with van der Waals surface area (Å²) >= 11 is 0. The second-order valence-corrected chi connectivity index (χ2v) is 6.01. The summed E-state index contributed by atoms with van der Waals surface area (Å²) in [5.74, 6) is 1.05. The monoisotopic (exact) mass is 269 g/mol. The molecule has 0 atom stereocenters. The molecule has 2 aromatic rings. The van der Waals surface area contributed by atoms with E-state index in [1.807, 2.05) is 0 Å². The minimum atomic E-state index is 0.636. The van der Waals surface area contributed by atoms with E-state index in [4.69, 9.17) is 0 Å². The van der Waals surface area contributed by atoms with Crippen molar-refractivity contribution in [3.63, 3.8) is 0 Å². The van der Waals surface area contributed by atoms with Crippen LogP contribution in [0.4, 0.5) is 11.5 Å². The molecule has 0 radical (unpaired) electrons. The van der Waals surface area contributed by atoms with Crippen molar-refractivity contribution in [3.05, 3.63) is 30.0 Å². The van der Waals surface area contributed by atoms with E-state index in [-0.39, 0.29) is 0 Å². The summed E-state index contributed by atoms with van der Waals surface area (Å²) in [5, 5.41) is 6.24. The van der Waals surface area contributed by atoms with Crippen molar-refractivity contribution in [2.75, 3.05) is 24.3 Å². The molecule has 0 amide bonds. The van der Waals surface area contributed by atoms with E-state index in [2.05, 4.69) is 60.5 Å². The van der Waals surface area contributed by atoms with Gasteiger partial charge in [0.05, 0.1) is 0 Å². The number of nitrogens with zero attached hydrogens (tertiary/aromatic N) is 2. The molecule has 1 aromatic carbocycles. The van der Waals surface area contributed by atoms with Gasteiger partial charge in [-0.05, 0) is 31.9 Å². The average molecular weight is 269 g/mol. The van der Waals surface area contributed by atoms with Crippen LogP contribution < -0.4 is 10.2 Å². The molecule has 3 nitrogen and oxygen atoms in total. The Morgan fingerprint density at radius 2 is 1.90 bits per heavy atom. The van der Waals surface area contributed by atoms with Gasteiger partial charge in [-0.25, -0.2) is 4.98 Å². The highest BCUT2D eigenvalue weighted by Crippen LogP contribution is 2.32. The fraction of sp³-hybridized carbons (Fsp3) is 0.471. The number of anilines is 2. The van der Waals surface area contributed by atoms with Gasteiger partial charge in [0.2, 0.25) is 0 Å². The molecule has 1 aliphatic rings. The van der Waals surface area contributed by atoms with Crippen LogP contribution in [0.1, 0.15) is 31.4 Å². The van der Waals surface area contributed by atoms with Gasteiger partial charge in [-0.2, -0.15) is 0 Å². The number of aryl methyl sites for hydroxylation is 1. The van der Waals surface area contributed by atoms with Gasteiger partial charge in [0.1, 0.15) is 5.82 Å². The molecule has 0 aliphatic heterocycles. The molecular weight excluding hydrogens is 246 g/mol. The summed E-state index contributed by atoms with van der Waals surface area (Å²) < 4.78 is 0. The second kappa shape index (κ2) is 5.31. The maximum Gasteiger partial charge on any atom is 0.136 e. The molecule has 3 rings (SSSR count). The molecule has 0 unspecified atom stereocenters. The van der Waals surface area contributed by atoms with E-state index in [1.54, 1.807) is 0 Å². The molecule has 1 aromatic heterocycles. The smallest absolute Gasteiger partial charge is 0.136 e. The van der Waals surface area contributed by atoms with Crippen LogP contribution in [0, 0.1) is 6.92 Å². The minimum Gasteiger partial charge on any atom is -0.382 e. The number of rotatable bonds is 3. The van der Waals surface area contributed by atoms with E-state index >= 15 is 0 Å². The summed E-state index contributed by atoms with van der Waals surface area (Å²) in [7, 11) is 4.11. The molecule has 1 N–H and O–H groups in total. The maximum atomic E-state index is 4.67. The Kier molecular flexibility index (Phi) is 3.51. The van der Waals surface area contributed by atoms with Crippen molar-refractivity contribution in [1.82, 2.24) is 4.98 Å². The SMILES string of the molecule is Cc1cc2c(NC3CCCC3)cccc2c(N(C)C)n1. The van der Waals surface area contributed by atoms with Gasteiger partial charge in [0, 0.05) is 42.3 Å². The lowest BCUT2D eigenvalue weighted by molar-refractivity contribution is 0.756. The normalized spacial score (nSPS) is 15.8. The first-order valence-corrected chi connectivity index (χ1v) is 7.49. The Bertz CT molecular complexity index is 613. The fourth-order valence-corrected chi connectivity index (χ4v) is 3.14. The van der Waals surface area contributed by atoms with Crippen LogP contribution in [0.25, 0.3) is 10.8 Å². The number of fused-ring (bicyclic) bond motifs is 1. The van der Waals surface area contributed by atoms with Crippen LogP contribution in [-0.2, 0) is 0 Å². The Morgan fingerprint density at radius 3 is 2.60 bits per heavy atom. The van der Waals surface area contributed by atoms with Gasteiger partial charge in [0.25, 0.3) is 0 Å². The Morgan fingerprint density at radius 1 is 1.15 bits per heavy atom. The Labute approximate surface area is 121 Å². The van der Waals surface area contributed by atoms with Crippen LogP contribution >= 0.6 is 0 Å². The lowest BCUT2D eigenvalue weighted by Crippen LogP contribution is -2.15. The number of pyridine rings is 1. The molecular formula is C17H23N3. The highest BCUT2D eigenvalue weighted by atomic mass is 15.1. The van der Waals surface area contributed by atoms with E-state index in [9.17, 15) is 0 Å². The van der Waals surface area contributed by atoms with Gasteiger partial charge < -0.3 is 10.2 Å². The molecule has 0 bridgehead atoms. The molecule has 0 saturated heterocycles. The zero-order valence-electron chi connectivity index (χ0n) is 12.6. The zero-order chi connectivity index (χ0) is 14.1. The lowest BCUT2D eigenvalue weighted by atomic mass is 10.1. The summed E-state index contributed by atoms with van der Waals surface area (Å²) in [6.07, 6.45) is 5.29. The molecule has 1 saturated carbocycles. The highest BCUT2D eigenvalue weighted by molar-refractivity contribution is 6.00.